The van der Waals surface area contributed by atoms with Crippen LogP contribution >= 0.6 is 0 Å². The van der Waals surface area contributed by atoms with E-state index in [4.69, 9.17) is 9.47 Å². The van der Waals surface area contributed by atoms with Gasteiger partial charge in [-0.25, -0.2) is 0 Å². The summed E-state index contributed by atoms with van der Waals surface area (Å²) in [5.74, 6) is 1.95. The van der Waals surface area contributed by atoms with Crippen molar-refractivity contribution >= 4 is 13.3 Å². The molecule has 3 rings (SSSR count). The molecule has 1 aliphatic heterocycles. The third-order valence-electron chi connectivity index (χ3n) is 4.63. The molecule has 1 aliphatic rings. The summed E-state index contributed by atoms with van der Waals surface area (Å²) in [6, 6.07) is 16.5. The van der Waals surface area contributed by atoms with Gasteiger partial charge in [-0.15, -0.1) is 0 Å². The smallest absolute Gasteiger partial charge is 0.144 e. The maximum atomic E-state index is 6.28. The molecule has 0 saturated carbocycles. The van der Waals surface area contributed by atoms with Crippen molar-refractivity contribution < 1.29 is 9.47 Å². The fourth-order valence-electron chi connectivity index (χ4n) is 3.27. The lowest BCUT2D eigenvalue weighted by molar-refractivity contribution is 0.0935. The molecule has 0 aliphatic carbocycles. The van der Waals surface area contributed by atoms with Crippen molar-refractivity contribution in [2.24, 2.45) is 0 Å². The van der Waals surface area contributed by atoms with Gasteiger partial charge < -0.3 is 9.47 Å². The average molecular weight is 323 g/mol. The molecule has 1 atom stereocenters. The summed E-state index contributed by atoms with van der Waals surface area (Å²) in [7, 11) is 2.08. The lowest BCUT2D eigenvalue weighted by Gasteiger charge is -2.26. The zero-order chi connectivity index (χ0) is 17.0. The fraction of sp³-hybridized carbons (Fsp3) is 0.400. The number of likely N-dealkylation sites (tertiary alicyclic amines) is 1. The summed E-state index contributed by atoms with van der Waals surface area (Å²) < 4.78 is 12.2. The number of benzene rings is 2. The lowest BCUT2D eigenvalue weighted by Crippen LogP contribution is -2.37. The molecule has 1 heterocycles. The van der Waals surface area contributed by atoms with Gasteiger partial charge in [0.1, 0.15) is 31.6 Å². The SMILES string of the molecule is Bc1ccccc1OCCN1CCC(C)(Oc2cccc(C)c2)C1. The summed E-state index contributed by atoms with van der Waals surface area (Å²) in [6.07, 6.45) is 1.05. The fourth-order valence-corrected chi connectivity index (χ4v) is 3.27. The third-order valence-corrected chi connectivity index (χ3v) is 4.63. The molecule has 1 saturated heterocycles. The van der Waals surface area contributed by atoms with E-state index in [9.17, 15) is 0 Å². The highest BCUT2D eigenvalue weighted by molar-refractivity contribution is 6.34. The largest absolute Gasteiger partial charge is 0.493 e. The Morgan fingerprint density at radius 2 is 2.00 bits per heavy atom. The highest BCUT2D eigenvalue weighted by atomic mass is 16.5. The number of nitrogens with zero attached hydrogens (tertiary/aromatic N) is 1. The number of para-hydroxylation sites is 1. The molecule has 126 valence electrons. The van der Waals surface area contributed by atoms with E-state index in [-0.39, 0.29) is 5.60 Å². The normalized spacial score (nSPS) is 20.9. The molecule has 0 N–H and O–H groups in total. The van der Waals surface area contributed by atoms with E-state index in [1.807, 2.05) is 24.3 Å². The third kappa shape index (κ3) is 4.32. The summed E-state index contributed by atoms with van der Waals surface area (Å²) >= 11 is 0. The van der Waals surface area contributed by atoms with Crippen LogP contribution in [0.1, 0.15) is 18.9 Å². The highest BCUT2D eigenvalue weighted by Crippen LogP contribution is 2.27. The van der Waals surface area contributed by atoms with Crippen molar-refractivity contribution in [3.63, 3.8) is 0 Å². The van der Waals surface area contributed by atoms with E-state index in [0.717, 1.165) is 37.6 Å². The molecule has 0 spiro atoms. The number of hydrogen-bond acceptors (Lipinski definition) is 3. The average Bonchev–Trinajstić information content (AvgIpc) is 2.90. The molecule has 0 aromatic heterocycles. The molecule has 24 heavy (non-hydrogen) atoms. The van der Waals surface area contributed by atoms with Gasteiger partial charge in [0, 0.05) is 26.1 Å². The monoisotopic (exact) mass is 323 g/mol. The molecule has 2 aromatic rings. The van der Waals surface area contributed by atoms with Gasteiger partial charge in [-0.1, -0.05) is 30.3 Å². The van der Waals surface area contributed by atoms with E-state index in [0.29, 0.717) is 6.61 Å². The second-order valence-corrected chi connectivity index (χ2v) is 7.01. The van der Waals surface area contributed by atoms with E-state index < -0.39 is 0 Å². The second kappa shape index (κ2) is 7.31. The Hall–Kier alpha value is -1.94. The van der Waals surface area contributed by atoms with Crippen LogP contribution in [0.4, 0.5) is 0 Å². The van der Waals surface area contributed by atoms with Crippen molar-refractivity contribution in [3.05, 3.63) is 54.1 Å². The summed E-state index contributed by atoms with van der Waals surface area (Å²) in [5.41, 5.74) is 2.31. The first-order valence-electron chi connectivity index (χ1n) is 8.71. The molecule has 0 radical (unpaired) electrons. The van der Waals surface area contributed by atoms with E-state index in [2.05, 4.69) is 50.9 Å². The van der Waals surface area contributed by atoms with E-state index >= 15 is 0 Å². The Bertz CT molecular complexity index is 691. The van der Waals surface area contributed by atoms with Crippen LogP contribution in [-0.2, 0) is 0 Å². The zero-order valence-electron chi connectivity index (χ0n) is 14.9. The van der Waals surface area contributed by atoms with E-state index in [1.54, 1.807) is 0 Å². The molecule has 0 bridgehead atoms. The van der Waals surface area contributed by atoms with Crippen LogP contribution in [0, 0.1) is 6.92 Å². The van der Waals surface area contributed by atoms with Gasteiger partial charge in [0.25, 0.3) is 0 Å². The molecule has 3 nitrogen and oxygen atoms in total. The van der Waals surface area contributed by atoms with Gasteiger partial charge in [-0.2, -0.15) is 0 Å². The van der Waals surface area contributed by atoms with Crippen LogP contribution < -0.4 is 14.9 Å². The maximum Gasteiger partial charge on any atom is 0.144 e. The number of aryl methyl sites for hydroxylation is 1. The minimum absolute atomic E-state index is 0.115. The van der Waals surface area contributed by atoms with Gasteiger partial charge in [-0.3, -0.25) is 4.90 Å². The van der Waals surface area contributed by atoms with Crippen molar-refractivity contribution in [2.75, 3.05) is 26.2 Å². The zero-order valence-corrected chi connectivity index (χ0v) is 14.9. The molecule has 1 fully saturated rings. The minimum Gasteiger partial charge on any atom is -0.493 e. The summed E-state index contributed by atoms with van der Waals surface area (Å²) in [4.78, 5) is 2.42. The Morgan fingerprint density at radius 3 is 2.79 bits per heavy atom. The Kier molecular flexibility index (Phi) is 5.15. The molecular formula is C20H26BNO2. The second-order valence-electron chi connectivity index (χ2n) is 7.01. The van der Waals surface area contributed by atoms with Crippen LogP contribution in [-0.4, -0.2) is 44.6 Å². The quantitative estimate of drug-likeness (QED) is 0.761. The lowest BCUT2D eigenvalue weighted by atomic mass is 9.95. The van der Waals surface area contributed by atoms with Gasteiger partial charge in [-0.05, 0) is 43.1 Å². The van der Waals surface area contributed by atoms with Crippen LogP contribution in [0.5, 0.6) is 11.5 Å². The van der Waals surface area contributed by atoms with Gasteiger partial charge >= 0.3 is 0 Å². The van der Waals surface area contributed by atoms with Gasteiger partial charge in [0.05, 0.1) is 0 Å². The highest BCUT2D eigenvalue weighted by Gasteiger charge is 2.35. The first-order chi connectivity index (χ1) is 11.5. The standard InChI is InChI=1S/C20H26BNO2/c1-16-6-5-7-17(14-16)24-20(2)10-11-22(15-20)12-13-23-19-9-4-3-8-18(19)21/h3-9,14H,10-13,15,21H2,1-2H3. The molecule has 2 aromatic carbocycles. The Balaban J connectivity index is 1.49. The molecule has 0 amide bonds. The van der Waals surface area contributed by atoms with Crippen molar-refractivity contribution in [1.29, 1.82) is 0 Å². The van der Waals surface area contributed by atoms with Crippen LogP contribution in [0.25, 0.3) is 0 Å². The Morgan fingerprint density at radius 1 is 1.17 bits per heavy atom. The van der Waals surface area contributed by atoms with E-state index in [1.165, 1.54) is 11.0 Å². The van der Waals surface area contributed by atoms with Crippen molar-refractivity contribution in [3.8, 4) is 11.5 Å². The topological polar surface area (TPSA) is 21.7 Å². The first-order valence-corrected chi connectivity index (χ1v) is 8.71. The molecule has 4 heteroatoms. The summed E-state index contributed by atoms with van der Waals surface area (Å²) in [6.45, 7) is 7.95. The molecular weight excluding hydrogens is 297 g/mol. The number of ether oxygens (including phenoxy) is 2. The number of rotatable bonds is 6. The predicted molar refractivity (Wildman–Crippen MR) is 101 cm³/mol. The Labute approximate surface area is 146 Å². The summed E-state index contributed by atoms with van der Waals surface area (Å²) in [5, 5.41) is 0. The first kappa shape index (κ1) is 16.9. The minimum atomic E-state index is -0.115. The van der Waals surface area contributed by atoms with Gasteiger partial charge in [0.15, 0.2) is 0 Å². The number of hydrogen-bond donors (Lipinski definition) is 0. The van der Waals surface area contributed by atoms with Crippen molar-refractivity contribution in [1.82, 2.24) is 4.90 Å². The van der Waals surface area contributed by atoms with Crippen LogP contribution in [0.15, 0.2) is 48.5 Å². The van der Waals surface area contributed by atoms with Crippen LogP contribution in [0.3, 0.4) is 0 Å². The van der Waals surface area contributed by atoms with Gasteiger partial charge in [0.2, 0.25) is 0 Å². The van der Waals surface area contributed by atoms with Crippen LogP contribution in [0.2, 0.25) is 0 Å². The molecule has 1 unspecified atom stereocenters. The van der Waals surface area contributed by atoms with Crippen molar-refractivity contribution in [2.45, 2.75) is 25.9 Å². The maximum absolute atomic E-state index is 6.28. The predicted octanol–water partition coefficient (Wildman–Crippen LogP) is 2.18.